The van der Waals surface area contributed by atoms with Crippen molar-refractivity contribution in [2.24, 2.45) is 15.4 Å². The lowest BCUT2D eigenvalue weighted by Crippen LogP contribution is -2.07. The molecule has 0 spiro atoms. The second-order valence-electron chi connectivity index (χ2n) is 8.07. The van der Waals surface area contributed by atoms with E-state index in [1.807, 2.05) is 32.2 Å². The van der Waals surface area contributed by atoms with Gasteiger partial charge in [0.25, 0.3) is 0 Å². The van der Waals surface area contributed by atoms with Crippen LogP contribution in [0.4, 0.5) is 0 Å². The number of aryl methyl sites for hydroxylation is 1. The summed E-state index contributed by atoms with van der Waals surface area (Å²) in [6.45, 7) is 4.93. The molecule has 6 nitrogen and oxygen atoms in total. The fourth-order valence-corrected chi connectivity index (χ4v) is 4.94. The van der Waals surface area contributed by atoms with Gasteiger partial charge in [-0.25, -0.2) is 9.97 Å². The van der Waals surface area contributed by atoms with Gasteiger partial charge in [0.2, 0.25) is 0 Å². The van der Waals surface area contributed by atoms with Crippen molar-refractivity contribution in [3.8, 4) is 28.7 Å². The highest BCUT2D eigenvalue weighted by Gasteiger charge is 2.15. The first-order valence-electron chi connectivity index (χ1n) is 11.1. The van der Waals surface area contributed by atoms with Crippen molar-refractivity contribution in [3.63, 3.8) is 0 Å². The number of thiophene rings is 1. The molecule has 1 aliphatic rings. The van der Waals surface area contributed by atoms with Crippen molar-refractivity contribution < 1.29 is 4.74 Å². The van der Waals surface area contributed by atoms with Crippen molar-refractivity contribution >= 4 is 40.6 Å². The van der Waals surface area contributed by atoms with E-state index in [1.54, 1.807) is 17.7 Å². The van der Waals surface area contributed by atoms with Crippen LogP contribution in [0.3, 0.4) is 0 Å². The maximum Gasteiger partial charge on any atom is 0.119 e. The van der Waals surface area contributed by atoms with Crippen LogP contribution in [0.1, 0.15) is 36.1 Å². The zero-order chi connectivity index (χ0) is 23.3. The van der Waals surface area contributed by atoms with Gasteiger partial charge in [0.15, 0.2) is 0 Å². The SMILES string of the molecule is CC#C[C@@H](CC1=NN=NC1)c1ccc(OCc2ccc3scc(-c4cncnc4C)c3c2)cc1.S. The summed E-state index contributed by atoms with van der Waals surface area (Å²) < 4.78 is 7.34. The van der Waals surface area contributed by atoms with Gasteiger partial charge in [0.1, 0.15) is 25.2 Å². The third-order valence-corrected chi connectivity index (χ3v) is 6.75. The molecule has 2 aromatic carbocycles. The average molecular weight is 500 g/mol. The highest BCUT2D eigenvalue weighted by molar-refractivity contribution is 7.59. The van der Waals surface area contributed by atoms with Crippen molar-refractivity contribution in [2.45, 2.75) is 32.8 Å². The highest BCUT2D eigenvalue weighted by Crippen LogP contribution is 2.35. The molecule has 0 aliphatic carbocycles. The molecule has 0 saturated carbocycles. The van der Waals surface area contributed by atoms with Gasteiger partial charge < -0.3 is 4.74 Å². The number of fused-ring (bicyclic) bond motifs is 1. The Labute approximate surface area is 215 Å². The maximum atomic E-state index is 6.10. The lowest BCUT2D eigenvalue weighted by atomic mass is 9.94. The van der Waals surface area contributed by atoms with Gasteiger partial charge >= 0.3 is 0 Å². The third kappa shape index (κ3) is 5.59. The van der Waals surface area contributed by atoms with E-state index >= 15 is 0 Å². The van der Waals surface area contributed by atoms with E-state index in [0.717, 1.165) is 40.3 Å². The van der Waals surface area contributed by atoms with Gasteiger partial charge in [0.05, 0.1) is 11.6 Å². The minimum absolute atomic E-state index is 0. The summed E-state index contributed by atoms with van der Waals surface area (Å²) in [7, 11) is 0. The van der Waals surface area contributed by atoms with Gasteiger partial charge in [-0.2, -0.15) is 18.6 Å². The minimum atomic E-state index is 0. The van der Waals surface area contributed by atoms with E-state index in [0.29, 0.717) is 13.2 Å². The summed E-state index contributed by atoms with van der Waals surface area (Å²) in [5, 5.41) is 15.1. The predicted molar refractivity (Wildman–Crippen MR) is 147 cm³/mol. The molecule has 0 bridgehead atoms. The lowest BCUT2D eigenvalue weighted by Gasteiger charge is -2.12. The number of ether oxygens (including phenoxy) is 1. The fourth-order valence-electron chi connectivity index (χ4n) is 4.00. The van der Waals surface area contributed by atoms with Crippen LogP contribution in [0.25, 0.3) is 21.2 Å². The second kappa shape index (κ2) is 11.3. The molecule has 1 aliphatic heterocycles. The van der Waals surface area contributed by atoms with Crippen molar-refractivity contribution in [1.82, 2.24) is 9.97 Å². The second-order valence-corrected chi connectivity index (χ2v) is 8.98. The molecule has 3 heterocycles. The molecule has 5 rings (SSSR count). The molecule has 1 atom stereocenters. The van der Waals surface area contributed by atoms with Crippen LogP contribution in [-0.4, -0.2) is 22.2 Å². The molecule has 0 N–H and O–H groups in total. The monoisotopic (exact) mass is 499 g/mol. The number of rotatable bonds is 7. The van der Waals surface area contributed by atoms with Gasteiger partial charge in [-0.05, 0) is 59.8 Å². The standard InChI is InChI=1S/C27H23N5OS.H2S/c1-3-4-21(12-22-13-30-32-31-22)20-6-8-23(9-7-20)33-15-19-5-10-27-24(11-19)26(16-34-27)25-14-28-17-29-18(25)2;/h5-11,14,16-17,21H,12-13,15H2,1-2H3;1H2/t21-;/m0./s1. The Balaban J connectivity index is 0.00000289. The minimum Gasteiger partial charge on any atom is -0.489 e. The summed E-state index contributed by atoms with van der Waals surface area (Å²) >= 11 is 1.73. The average Bonchev–Trinajstić information content (AvgIpc) is 3.53. The Morgan fingerprint density at radius 3 is 2.71 bits per heavy atom. The van der Waals surface area contributed by atoms with E-state index in [2.05, 4.69) is 73.0 Å². The quantitative estimate of drug-likeness (QED) is 0.266. The molecule has 35 heavy (non-hydrogen) atoms. The van der Waals surface area contributed by atoms with Crippen molar-refractivity contribution in [3.05, 3.63) is 77.2 Å². The molecule has 176 valence electrons. The Morgan fingerprint density at radius 2 is 1.97 bits per heavy atom. The van der Waals surface area contributed by atoms with Crippen LogP contribution in [0.2, 0.25) is 0 Å². The van der Waals surface area contributed by atoms with E-state index in [-0.39, 0.29) is 19.4 Å². The number of nitrogens with zero attached hydrogens (tertiary/aromatic N) is 5. The summed E-state index contributed by atoms with van der Waals surface area (Å²) in [6, 6.07) is 14.6. The topological polar surface area (TPSA) is 72.1 Å². The van der Waals surface area contributed by atoms with Gasteiger partial charge in [-0.1, -0.05) is 24.1 Å². The lowest BCUT2D eigenvalue weighted by molar-refractivity contribution is 0.306. The van der Waals surface area contributed by atoms with Crippen LogP contribution in [0.15, 0.2) is 75.8 Å². The van der Waals surface area contributed by atoms with Gasteiger partial charge in [-0.15, -0.1) is 22.4 Å². The molecule has 2 aromatic heterocycles. The van der Waals surface area contributed by atoms with E-state index in [1.165, 1.54) is 15.6 Å². The number of aromatic nitrogens is 2. The van der Waals surface area contributed by atoms with Gasteiger partial charge in [0, 0.05) is 39.5 Å². The fraction of sp³-hybridized carbons (Fsp3) is 0.222. The molecule has 0 unspecified atom stereocenters. The van der Waals surface area contributed by atoms with Gasteiger partial charge in [-0.3, -0.25) is 0 Å². The maximum absolute atomic E-state index is 6.10. The predicted octanol–water partition coefficient (Wildman–Crippen LogP) is 6.68. The van der Waals surface area contributed by atoms with E-state index < -0.39 is 0 Å². The molecule has 4 aromatic rings. The molecule has 8 heteroatoms. The normalized spacial score (nSPS) is 13.0. The van der Waals surface area contributed by atoms with Crippen LogP contribution in [-0.2, 0) is 6.61 Å². The zero-order valence-corrected chi connectivity index (χ0v) is 21.3. The first kappa shape index (κ1) is 24.6. The third-order valence-electron chi connectivity index (χ3n) is 5.79. The molecule has 0 saturated heterocycles. The number of hydrogen-bond acceptors (Lipinski definition) is 7. The smallest absolute Gasteiger partial charge is 0.119 e. The summed E-state index contributed by atoms with van der Waals surface area (Å²) in [4.78, 5) is 8.56. The molecule has 0 amide bonds. The Morgan fingerprint density at radius 1 is 1.11 bits per heavy atom. The molecular weight excluding hydrogens is 474 g/mol. The summed E-state index contributed by atoms with van der Waals surface area (Å²) in [5.74, 6) is 7.21. The Hall–Kier alpha value is -3.54. The first-order valence-corrected chi connectivity index (χ1v) is 11.9. The Kier molecular flexibility index (Phi) is 7.91. The summed E-state index contributed by atoms with van der Waals surface area (Å²) in [5.41, 5.74) is 6.44. The van der Waals surface area contributed by atoms with Crippen molar-refractivity contribution in [2.75, 3.05) is 6.54 Å². The first-order chi connectivity index (χ1) is 16.7. The molecule has 0 radical (unpaired) electrons. The summed E-state index contributed by atoms with van der Waals surface area (Å²) in [6.07, 6.45) is 4.21. The van der Waals surface area contributed by atoms with Crippen molar-refractivity contribution in [1.29, 1.82) is 0 Å². The van der Waals surface area contributed by atoms with E-state index in [9.17, 15) is 0 Å². The Bertz CT molecular complexity index is 1450. The molecular formula is C27H25N5OS2. The zero-order valence-electron chi connectivity index (χ0n) is 19.5. The number of benzene rings is 2. The molecule has 0 fully saturated rings. The van der Waals surface area contributed by atoms with Crippen LogP contribution >= 0.6 is 24.8 Å². The van der Waals surface area contributed by atoms with Crippen LogP contribution in [0, 0.1) is 18.8 Å². The number of hydrogen-bond donors (Lipinski definition) is 0. The van der Waals surface area contributed by atoms with Crippen LogP contribution in [0.5, 0.6) is 5.75 Å². The van der Waals surface area contributed by atoms with Crippen LogP contribution < -0.4 is 4.74 Å². The highest BCUT2D eigenvalue weighted by atomic mass is 32.1. The van der Waals surface area contributed by atoms with E-state index in [4.69, 9.17) is 4.74 Å². The largest absolute Gasteiger partial charge is 0.489 e.